The standard InChI is InChI=1S/C20H24N6O3.CH2O2/c27-17-11-29-19(18(26(17)16-3-4-16)14-2-1-7-21-10-14)20(28)24-8-5-15(6-9-24)25-12-22-23-13-25;2-1-3/h1-2,7,10,12-13,15-16,18-19H,3-6,8-9,11H2;1H,(H,2,3)/t18-,19+;/m1./s1. The van der Waals surface area contributed by atoms with Gasteiger partial charge in [-0.1, -0.05) is 6.07 Å². The van der Waals surface area contributed by atoms with Crippen molar-refractivity contribution in [1.29, 1.82) is 0 Å². The Bertz CT molecular complexity index is 912. The molecule has 3 aliphatic rings. The topological polar surface area (TPSA) is 131 Å². The third kappa shape index (κ3) is 4.62. The molecule has 2 aromatic rings. The predicted molar refractivity (Wildman–Crippen MR) is 110 cm³/mol. The van der Waals surface area contributed by atoms with E-state index in [2.05, 4.69) is 15.2 Å². The molecule has 1 aliphatic carbocycles. The number of pyridine rings is 1. The van der Waals surface area contributed by atoms with Crippen LogP contribution in [0.15, 0.2) is 37.2 Å². The summed E-state index contributed by atoms with van der Waals surface area (Å²) in [5, 5.41) is 14.6. The van der Waals surface area contributed by atoms with E-state index in [9.17, 15) is 9.59 Å². The Hall–Kier alpha value is -3.34. The zero-order valence-electron chi connectivity index (χ0n) is 17.6. The maximum absolute atomic E-state index is 13.4. The van der Waals surface area contributed by atoms with Gasteiger partial charge >= 0.3 is 0 Å². The highest BCUT2D eigenvalue weighted by Crippen LogP contribution is 2.40. The van der Waals surface area contributed by atoms with Gasteiger partial charge in [0.15, 0.2) is 6.10 Å². The Morgan fingerprint density at radius 2 is 1.81 bits per heavy atom. The van der Waals surface area contributed by atoms with E-state index in [-0.39, 0.29) is 30.9 Å². The summed E-state index contributed by atoms with van der Waals surface area (Å²) in [6.45, 7) is 1.01. The summed E-state index contributed by atoms with van der Waals surface area (Å²) in [4.78, 5) is 42.4. The van der Waals surface area contributed by atoms with Crippen LogP contribution in [0.25, 0.3) is 0 Å². The lowest BCUT2D eigenvalue weighted by atomic mass is 9.96. The van der Waals surface area contributed by atoms with Crippen LogP contribution >= 0.6 is 0 Å². The molecule has 32 heavy (non-hydrogen) atoms. The Morgan fingerprint density at radius 3 is 2.41 bits per heavy atom. The number of hydrogen-bond acceptors (Lipinski definition) is 7. The first kappa shape index (κ1) is 21.9. The minimum absolute atomic E-state index is 0.0408. The third-order valence-electron chi connectivity index (χ3n) is 6.10. The fourth-order valence-electron chi connectivity index (χ4n) is 4.47. The van der Waals surface area contributed by atoms with Crippen molar-refractivity contribution in [2.24, 2.45) is 0 Å². The highest BCUT2D eigenvalue weighted by molar-refractivity contribution is 5.87. The van der Waals surface area contributed by atoms with Gasteiger partial charge in [-0.25, -0.2) is 0 Å². The first-order valence-electron chi connectivity index (χ1n) is 10.7. The number of carbonyl (C=O) groups excluding carboxylic acids is 2. The normalized spacial score (nSPS) is 23.9. The number of amides is 2. The van der Waals surface area contributed by atoms with Crippen molar-refractivity contribution in [3.63, 3.8) is 0 Å². The summed E-state index contributed by atoms with van der Waals surface area (Å²) < 4.78 is 7.85. The average molecular weight is 442 g/mol. The molecule has 2 saturated heterocycles. The molecule has 2 amide bonds. The number of hydrogen-bond donors (Lipinski definition) is 1. The Balaban J connectivity index is 0.000000775. The Morgan fingerprint density at radius 1 is 1.12 bits per heavy atom. The minimum Gasteiger partial charge on any atom is -0.483 e. The number of piperidine rings is 1. The largest absolute Gasteiger partial charge is 0.483 e. The van der Waals surface area contributed by atoms with Crippen LogP contribution in [-0.4, -0.2) is 84.8 Å². The molecule has 0 spiro atoms. The van der Waals surface area contributed by atoms with E-state index in [1.807, 2.05) is 26.5 Å². The molecule has 4 heterocycles. The van der Waals surface area contributed by atoms with Crippen LogP contribution in [0.5, 0.6) is 0 Å². The molecule has 2 atom stereocenters. The van der Waals surface area contributed by atoms with Crippen LogP contribution in [0.1, 0.15) is 43.3 Å². The van der Waals surface area contributed by atoms with Gasteiger partial charge in [-0.15, -0.1) is 10.2 Å². The maximum atomic E-state index is 13.4. The van der Waals surface area contributed by atoms with Crippen LogP contribution in [-0.2, 0) is 19.1 Å². The number of carbonyl (C=O) groups is 3. The molecule has 0 aromatic carbocycles. The zero-order valence-corrected chi connectivity index (χ0v) is 17.6. The van der Waals surface area contributed by atoms with Crippen molar-refractivity contribution in [3.8, 4) is 0 Å². The monoisotopic (exact) mass is 442 g/mol. The molecule has 0 bridgehead atoms. The Labute approximate surface area is 185 Å². The van der Waals surface area contributed by atoms with Crippen molar-refractivity contribution in [2.45, 2.75) is 49.9 Å². The van der Waals surface area contributed by atoms with Crippen molar-refractivity contribution in [1.82, 2.24) is 29.5 Å². The summed E-state index contributed by atoms with van der Waals surface area (Å²) >= 11 is 0. The van der Waals surface area contributed by atoms with E-state index in [1.165, 1.54) is 0 Å². The molecule has 2 aromatic heterocycles. The summed E-state index contributed by atoms with van der Waals surface area (Å²) in [6, 6.07) is 3.85. The van der Waals surface area contributed by atoms with Gasteiger partial charge in [0.1, 0.15) is 19.3 Å². The lowest BCUT2D eigenvalue weighted by Gasteiger charge is -2.43. The van der Waals surface area contributed by atoms with Crippen molar-refractivity contribution < 1.29 is 24.2 Å². The van der Waals surface area contributed by atoms with Gasteiger partial charge < -0.3 is 24.2 Å². The highest BCUT2D eigenvalue weighted by Gasteiger charge is 2.48. The molecular formula is C21H26N6O5. The second kappa shape index (κ2) is 9.86. The smallest absolute Gasteiger partial charge is 0.290 e. The van der Waals surface area contributed by atoms with Gasteiger partial charge in [0, 0.05) is 37.6 Å². The molecule has 3 fully saturated rings. The summed E-state index contributed by atoms with van der Waals surface area (Å²) in [6.07, 6.45) is 9.85. The van der Waals surface area contributed by atoms with Crippen molar-refractivity contribution in [3.05, 3.63) is 42.7 Å². The average Bonchev–Trinajstić information content (AvgIpc) is 3.51. The molecule has 1 saturated carbocycles. The number of morpholine rings is 1. The summed E-state index contributed by atoms with van der Waals surface area (Å²) in [5.74, 6) is -0.0871. The van der Waals surface area contributed by atoms with Gasteiger partial charge in [-0.05, 0) is 37.3 Å². The van der Waals surface area contributed by atoms with Gasteiger partial charge in [-0.3, -0.25) is 19.4 Å². The van der Waals surface area contributed by atoms with E-state index in [0.29, 0.717) is 19.1 Å². The van der Waals surface area contributed by atoms with Crippen LogP contribution in [0.3, 0.4) is 0 Å². The number of aromatic nitrogens is 4. The number of nitrogens with zero attached hydrogens (tertiary/aromatic N) is 6. The Kier molecular flexibility index (Phi) is 6.74. The molecule has 0 radical (unpaired) electrons. The lowest BCUT2D eigenvalue weighted by Crippen LogP contribution is -2.56. The first-order valence-corrected chi connectivity index (χ1v) is 10.7. The van der Waals surface area contributed by atoms with Crippen molar-refractivity contribution in [2.75, 3.05) is 19.7 Å². The summed E-state index contributed by atoms with van der Waals surface area (Å²) in [7, 11) is 0. The van der Waals surface area contributed by atoms with Gasteiger partial charge in [0.2, 0.25) is 5.91 Å². The van der Waals surface area contributed by atoms with Crippen LogP contribution in [0, 0.1) is 0 Å². The van der Waals surface area contributed by atoms with Gasteiger partial charge in [0.05, 0.1) is 6.04 Å². The number of ether oxygens (including phenoxy) is 1. The van der Waals surface area contributed by atoms with E-state index in [1.54, 1.807) is 25.0 Å². The molecular weight excluding hydrogens is 416 g/mol. The number of likely N-dealkylation sites (tertiary alicyclic amines) is 1. The van der Waals surface area contributed by atoms with E-state index in [4.69, 9.17) is 14.6 Å². The lowest BCUT2D eigenvalue weighted by molar-refractivity contribution is -0.171. The summed E-state index contributed by atoms with van der Waals surface area (Å²) in [5.41, 5.74) is 0.852. The molecule has 11 heteroatoms. The predicted octanol–water partition coefficient (Wildman–Crippen LogP) is 0.669. The molecule has 2 aliphatic heterocycles. The van der Waals surface area contributed by atoms with E-state index in [0.717, 1.165) is 31.2 Å². The molecule has 0 unspecified atom stereocenters. The second-order valence-corrected chi connectivity index (χ2v) is 8.07. The van der Waals surface area contributed by atoms with Gasteiger partial charge in [0.25, 0.3) is 12.4 Å². The minimum atomic E-state index is -0.691. The highest BCUT2D eigenvalue weighted by atomic mass is 16.5. The first-order chi connectivity index (χ1) is 15.6. The number of rotatable bonds is 4. The quantitative estimate of drug-likeness (QED) is 0.684. The zero-order chi connectivity index (χ0) is 22.5. The molecule has 170 valence electrons. The SMILES string of the molecule is O=C([C@H]1OCC(=O)N(C2CC2)[C@@H]1c1cccnc1)N1CCC(n2cnnc2)CC1.O=CO. The maximum Gasteiger partial charge on any atom is 0.290 e. The fourth-order valence-corrected chi connectivity index (χ4v) is 4.47. The van der Waals surface area contributed by atoms with Crippen LogP contribution in [0.2, 0.25) is 0 Å². The van der Waals surface area contributed by atoms with Crippen LogP contribution < -0.4 is 0 Å². The fraction of sp³-hybridized carbons (Fsp3) is 0.524. The van der Waals surface area contributed by atoms with Crippen LogP contribution in [0.4, 0.5) is 0 Å². The number of carboxylic acid groups (broad SMARTS) is 1. The van der Waals surface area contributed by atoms with E-state index >= 15 is 0 Å². The third-order valence-corrected chi connectivity index (χ3v) is 6.10. The van der Waals surface area contributed by atoms with Gasteiger partial charge in [-0.2, -0.15) is 0 Å². The second-order valence-electron chi connectivity index (χ2n) is 8.07. The van der Waals surface area contributed by atoms with E-state index < -0.39 is 12.1 Å². The molecule has 11 nitrogen and oxygen atoms in total. The molecule has 1 N–H and O–H groups in total. The molecule has 5 rings (SSSR count). The van der Waals surface area contributed by atoms with Crippen molar-refractivity contribution >= 4 is 18.3 Å².